The minimum absolute atomic E-state index is 0.390. The third-order valence-electron chi connectivity index (χ3n) is 5.12. The van der Waals surface area contributed by atoms with Crippen molar-refractivity contribution < 1.29 is 14.7 Å². The van der Waals surface area contributed by atoms with Crippen molar-refractivity contribution in [3.05, 3.63) is 54.1 Å². The van der Waals surface area contributed by atoms with Gasteiger partial charge in [-0.3, -0.25) is 9.47 Å². The number of para-hydroxylation sites is 2. The summed E-state index contributed by atoms with van der Waals surface area (Å²) in [5, 5.41) is 9.95. The molecule has 0 saturated carbocycles. The van der Waals surface area contributed by atoms with Crippen molar-refractivity contribution in [3.8, 4) is 5.75 Å². The Balaban J connectivity index is 1.54. The lowest BCUT2D eigenvalue weighted by Crippen LogP contribution is -3.14. The highest BCUT2D eigenvalue weighted by Crippen LogP contribution is 2.23. The number of rotatable bonds is 6. The number of hydrogen-bond acceptors (Lipinski definition) is 4. The molecular weight excluding hydrogens is 340 g/mol. The van der Waals surface area contributed by atoms with Crippen LogP contribution < -0.4 is 14.5 Å². The lowest BCUT2D eigenvalue weighted by Gasteiger charge is -2.35. The standard InChI is InChI=1S/C21H26N4O2/c1-16(26)13-24-14-23(12-11-17-7-9-18(27-2)10-8-17)15-25-20-6-4-3-5-19(20)22-21(24)25/h3-10,16,26H,11-15H2,1-2H3/p+1/t16-/m0/s1. The van der Waals surface area contributed by atoms with Crippen LogP contribution in [0.5, 0.6) is 5.75 Å². The maximum atomic E-state index is 9.95. The Morgan fingerprint density at radius 2 is 1.93 bits per heavy atom. The van der Waals surface area contributed by atoms with Gasteiger partial charge in [-0.25, -0.2) is 4.98 Å². The van der Waals surface area contributed by atoms with Crippen LogP contribution in [0.15, 0.2) is 48.5 Å². The van der Waals surface area contributed by atoms with Crippen molar-refractivity contribution in [2.75, 3.05) is 31.8 Å². The van der Waals surface area contributed by atoms with Gasteiger partial charge in [0.25, 0.3) is 0 Å². The van der Waals surface area contributed by atoms with E-state index in [1.54, 1.807) is 7.11 Å². The number of fused-ring (bicyclic) bond motifs is 3. The summed E-state index contributed by atoms with van der Waals surface area (Å²) in [6.45, 7) is 5.19. The second-order valence-electron chi connectivity index (χ2n) is 7.31. The van der Waals surface area contributed by atoms with Gasteiger partial charge >= 0.3 is 0 Å². The second kappa shape index (κ2) is 7.58. The summed E-state index contributed by atoms with van der Waals surface area (Å²) < 4.78 is 7.52. The molecule has 1 aliphatic rings. The Morgan fingerprint density at radius 1 is 1.15 bits per heavy atom. The molecule has 1 aromatic heterocycles. The van der Waals surface area contributed by atoms with Gasteiger partial charge in [0.2, 0.25) is 5.95 Å². The second-order valence-corrected chi connectivity index (χ2v) is 7.31. The van der Waals surface area contributed by atoms with Crippen LogP contribution in [0.4, 0.5) is 5.95 Å². The molecule has 0 amide bonds. The van der Waals surface area contributed by atoms with Crippen LogP contribution in [-0.2, 0) is 13.1 Å². The third-order valence-corrected chi connectivity index (χ3v) is 5.12. The van der Waals surface area contributed by atoms with Crippen LogP contribution >= 0.6 is 0 Å². The summed E-state index contributed by atoms with van der Waals surface area (Å²) in [4.78, 5) is 8.48. The van der Waals surface area contributed by atoms with Crippen LogP contribution in [-0.4, -0.2) is 47.6 Å². The number of nitrogens with zero attached hydrogens (tertiary/aromatic N) is 3. The zero-order valence-electron chi connectivity index (χ0n) is 15.9. The minimum Gasteiger partial charge on any atom is -0.497 e. The van der Waals surface area contributed by atoms with Gasteiger partial charge in [-0.05, 0) is 36.8 Å². The van der Waals surface area contributed by atoms with Gasteiger partial charge in [-0.2, -0.15) is 0 Å². The molecule has 0 fully saturated rings. The molecule has 0 aliphatic carbocycles. The van der Waals surface area contributed by atoms with E-state index in [0.717, 1.165) is 49.0 Å². The molecule has 6 heteroatoms. The number of aliphatic hydroxyl groups is 1. The lowest BCUT2D eigenvalue weighted by atomic mass is 10.1. The molecule has 3 aromatic rings. The van der Waals surface area contributed by atoms with Crippen LogP contribution in [0, 0.1) is 0 Å². The van der Waals surface area contributed by atoms with Gasteiger partial charge in [0.1, 0.15) is 5.75 Å². The molecule has 27 heavy (non-hydrogen) atoms. The Labute approximate surface area is 159 Å². The first kappa shape index (κ1) is 17.8. The van der Waals surface area contributed by atoms with Crippen molar-refractivity contribution in [2.45, 2.75) is 26.1 Å². The van der Waals surface area contributed by atoms with E-state index < -0.39 is 0 Å². The molecule has 1 unspecified atom stereocenters. The van der Waals surface area contributed by atoms with E-state index in [0.29, 0.717) is 6.54 Å². The highest BCUT2D eigenvalue weighted by Gasteiger charge is 2.28. The fourth-order valence-electron chi connectivity index (χ4n) is 3.81. The molecule has 0 radical (unpaired) electrons. The number of aromatic nitrogens is 2. The third kappa shape index (κ3) is 3.77. The van der Waals surface area contributed by atoms with E-state index in [1.165, 1.54) is 10.5 Å². The average molecular weight is 367 g/mol. The van der Waals surface area contributed by atoms with Crippen LogP contribution in [0.25, 0.3) is 11.0 Å². The van der Waals surface area contributed by atoms with Crippen LogP contribution in [0.2, 0.25) is 0 Å². The van der Waals surface area contributed by atoms with E-state index >= 15 is 0 Å². The monoisotopic (exact) mass is 367 g/mol. The number of β-amino-alcohol motifs (C(OH)–C–C–N with tert-alkyl or cyclic N) is 1. The summed E-state index contributed by atoms with van der Waals surface area (Å²) in [6, 6.07) is 16.6. The Bertz CT molecular complexity index is 904. The number of anilines is 1. The summed E-state index contributed by atoms with van der Waals surface area (Å²) in [5.41, 5.74) is 3.48. The predicted molar refractivity (Wildman–Crippen MR) is 106 cm³/mol. The first-order valence-corrected chi connectivity index (χ1v) is 9.49. The topological polar surface area (TPSA) is 55.0 Å². The molecule has 0 spiro atoms. The fourth-order valence-corrected chi connectivity index (χ4v) is 3.81. The van der Waals surface area contributed by atoms with E-state index in [4.69, 9.17) is 9.72 Å². The predicted octanol–water partition coefficient (Wildman–Crippen LogP) is 1.29. The molecule has 2 aromatic carbocycles. The number of methoxy groups -OCH3 is 1. The Kier molecular flexibility index (Phi) is 5.01. The van der Waals surface area contributed by atoms with Gasteiger partial charge in [-0.1, -0.05) is 24.3 Å². The number of hydrogen-bond donors (Lipinski definition) is 2. The van der Waals surface area contributed by atoms with Gasteiger partial charge in [0.15, 0.2) is 13.3 Å². The molecule has 2 heterocycles. The molecule has 6 nitrogen and oxygen atoms in total. The Morgan fingerprint density at radius 3 is 2.67 bits per heavy atom. The van der Waals surface area contributed by atoms with Gasteiger partial charge in [0.05, 0.1) is 37.3 Å². The number of quaternary nitrogens is 1. The van der Waals surface area contributed by atoms with Gasteiger partial charge in [0, 0.05) is 6.42 Å². The smallest absolute Gasteiger partial charge is 0.215 e. The molecule has 142 valence electrons. The normalized spacial score (nSPS) is 17.7. The van der Waals surface area contributed by atoms with E-state index in [-0.39, 0.29) is 6.10 Å². The molecule has 2 N–H and O–H groups in total. The van der Waals surface area contributed by atoms with E-state index in [1.807, 2.05) is 25.1 Å². The summed E-state index contributed by atoms with van der Waals surface area (Å²) in [7, 11) is 1.69. The van der Waals surface area contributed by atoms with Crippen molar-refractivity contribution in [3.63, 3.8) is 0 Å². The molecule has 2 atom stereocenters. The van der Waals surface area contributed by atoms with Gasteiger partial charge in [-0.15, -0.1) is 0 Å². The SMILES string of the molecule is COc1ccc(CC[NH+]2CN(C[C@H](C)O)c3nc4ccccc4n3C2)cc1. The maximum Gasteiger partial charge on any atom is 0.215 e. The first-order chi connectivity index (χ1) is 13.1. The maximum absolute atomic E-state index is 9.95. The summed E-state index contributed by atoms with van der Waals surface area (Å²) in [5.74, 6) is 1.85. The number of benzene rings is 2. The van der Waals surface area contributed by atoms with Crippen molar-refractivity contribution in [1.82, 2.24) is 9.55 Å². The molecule has 1 aliphatic heterocycles. The molecule has 0 bridgehead atoms. The number of nitrogens with one attached hydrogen (secondary N) is 1. The van der Waals surface area contributed by atoms with E-state index in [2.05, 4.69) is 39.8 Å². The number of imidazole rings is 1. The molecule has 4 rings (SSSR count). The zero-order valence-corrected chi connectivity index (χ0v) is 15.9. The molecular formula is C21H27N4O2+. The van der Waals surface area contributed by atoms with Crippen molar-refractivity contribution >= 4 is 17.0 Å². The molecule has 0 saturated heterocycles. The quantitative estimate of drug-likeness (QED) is 0.689. The zero-order chi connectivity index (χ0) is 18.8. The largest absolute Gasteiger partial charge is 0.497 e. The first-order valence-electron chi connectivity index (χ1n) is 9.49. The van der Waals surface area contributed by atoms with E-state index in [9.17, 15) is 5.11 Å². The lowest BCUT2D eigenvalue weighted by molar-refractivity contribution is -0.924. The number of aliphatic hydroxyl groups excluding tert-OH is 1. The average Bonchev–Trinajstić information content (AvgIpc) is 3.05. The highest BCUT2D eigenvalue weighted by molar-refractivity contribution is 5.78. The summed E-state index contributed by atoms with van der Waals surface area (Å²) in [6.07, 6.45) is 0.614. The Hall–Kier alpha value is -2.57. The highest BCUT2D eigenvalue weighted by atomic mass is 16.5. The summed E-state index contributed by atoms with van der Waals surface area (Å²) >= 11 is 0. The fraction of sp³-hybridized carbons (Fsp3) is 0.381. The van der Waals surface area contributed by atoms with Crippen LogP contribution in [0.1, 0.15) is 12.5 Å². The number of ether oxygens (including phenoxy) is 1. The van der Waals surface area contributed by atoms with Crippen molar-refractivity contribution in [1.29, 1.82) is 0 Å². The van der Waals surface area contributed by atoms with Crippen LogP contribution in [0.3, 0.4) is 0 Å². The van der Waals surface area contributed by atoms with Crippen molar-refractivity contribution in [2.24, 2.45) is 0 Å². The van der Waals surface area contributed by atoms with Gasteiger partial charge < -0.3 is 14.7 Å². The minimum atomic E-state index is -0.390.